The molecule has 0 bridgehead atoms. The topological polar surface area (TPSA) is 50.4 Å². The fourth-order valence-electron chi connectivity index (χ4n) is 1.17. The minimum atomic E-state index is 0.196. The summed E-state index contributed by atoms with van der Waals surface area (Å²) in [7, 11) is 0. The molecule has 82 valence electrons. The Morgan fingerprint density at radius 1 is 1.47 bits per heavy atom. The summed E-state index contributed by atoms with van der Waals surface area (Å²) in [5.41, 5.74) is 7.87. The van der Waals surface area contributed by atoms with Crippen LogP contribution in [0.3, 0.4) is 0 Å². The van der Waals surface area contributed by atoms with Crippen molar-refractivity contribution in [3.63, 3.8) is 0 Å². The number of guanidine groups is 1. The van der Waals surface area contributed by atoms with Crippen molar-refractivity contribution in [2.24, 2.45) is 10.7 Å². The number of aliphatic imine (C=N–C) groups is 1. The quantitative estimate of drug-likeness (QED) is 0.641. The third-order valence-corrected chi connectivity index (χ3v) is 2.44. The number of nitrogens with one attached hydrogen (secondary N) is 1. The number of anilines is 1. The molecule has 3 N–H and O–H groups in total. The van der Waals surface area contributed by atoms with Crippen LogP contribution in [0, 0.1) is 6.92 Å². The van der Waals surface area contributed by atoms with Crippen LogP contribution in [0.5, 0.6) is 0 Å². The molecule has 4 heteroatoms. The molecule has 0 unspecified atom stereocenters. The molecular formula is C11H16BrN3. The molecule has 0 fully saturated rings. The van der Waals surface area contributed by atoms with Crippen LogP contribution in [0.25, 0.3) is 0 Å². The van der Waals surface area contributed by atoms with Gasteiger partial charge < -0.3 is 11.1 Å². The Bertz CT molecular complexity index is 372. The molecule has 0 radical (unpaired) electrons. The Morgan fingerprint density at radius 3 is 2.67 bits per heavy atom. The summed E-state index contributed by atoms with van der Waals surface area (Å²) in [5, 5.41) is 3.05. The van der Waals surface area contributed by atoms with E-state index in [9.17, 15) is 0 Å². The third kappa shape index (κ3) is 3.91. The highest BCUT2D eigenvalue weighted by atomic mass is 79.9. The van der Waals surface area contributed by atoms with Gasteiger partial charge in [-0.05, 0) is 54.4 Å². The average molecular weight is 270 g/mol. The van der Waals surface area contributed by atoms with Crippen molar-refractivity contribution in [2.45, 2.75) is 26.8 Å². The van der Waals surface area contributed by atoms with Crippen molar-refractivity contribution in [1.29, 1.82) is 0 Å². The molecule has 1 aromatic carbocycles. The van der Waals surface area contributed by atoms with Crippen molar-refractivity contribution in [2.75, 3.05) is 5.32 Å². The van der Waals surface area contributed by atoms with Gasteiger partial charge in [0.05, 0.1) is 5.69 Å². The molecule has 1 rings (SSSR count). The first kappa shape index (κ1) is 12.0. The maximum atomic E-state index is 5.73. The maximum absolute atomic E-state index is 5.73. The Hall–Kier alpha value is -1.03. The van der Waals surface area contributed by atoms with E-state index < -0.39 is 0 Å². The highest BCUT2D eigenvalue weighted by molar-refractivity contribution is 9.10. The van der Waals surface area contributed by atoms with Crippen LogP contribution in [0.15, 0.2) is 27.7 Å². The van der Waals surface area contributed by atoms with Gasteiger partial charge in [0.15, 0.2) is 5.96 Å². The van der Waals surface area contributed by atoms with Gasteiger partial charge in [-0.1, -0.05) is 6.07 Å². The lowest BCUT2D eigenvalue weighted by molar-refractivity contribution is 0.833. The van der Waals surface area contributed by atoms with E-state index in [-0.39, 0.29) is 6.04 Å². The van der Waals surface area contributed by atoms with E-state index >= 15 is 0 Å². The van der Waals surface area contributed by atoms with Crippen LogP contribution < -0.4 is 11.1 Å². The molecule has 0 aliphatic carbocycles. The van der Waals surface area contributed by atoms with Gasteiger partial charge in [-0.25, -0.2) is 0 Å². The molecule has 0 atom stereocenters. The Morgan fingerprint density at radius 2 is 2.13 bits per heavy atom. The Balaban J connectivity index is 2.81. The van der Waals surface area contributed by atoms with E-state index in [0.717, 1.165) is 10.2 Å². The first-order chi connectivity index (χ1) is 6.99. The highest BCUT2D eigenvalue weighted by Crippen LogP contribution is 2.22. The Kier molecular flexibility index (Phi) is 4.15. The van der Waals surface area contributed by atoms with E-state index in [0.29, 0.717) is 5.96 Å². The van der Waals surface area contributed by atoms with Crippen molar-refractivity contribution < 1.29 is 0 Å². The number of rotatable bonds is 2. The first-order valence-electron chi connectivity index (χ1n) is 4.85. The van der Waals surface area contributed by atoms with Gasteiger partial charge >= 0.3 is 0 Å². The predicted octanol–water partition coefficient (Wildman–Crippen LogP) is 2.89. The van der Waals surface area contributed by atoms with E-state index in [1.807, 2.05) is 39.0 Å². The summed E-state index contributed by atoms with van der Waals surface area (Å²) in [6.07, 6.45) is 0. The summed E-state index contributed by atoms with van der Waals surface area (Å²) in [4.78, 5) is 4.20. The number of benzene rings is 1. The lowest BCUT2D eigenvalue weighted by Crippen LogP contribution is -2.24. The second-order valence-electron chi connectivity index (χ2n) is 3.72. The predicted molar refractivity (Wildman–Crippen MR) is 69.3 cm³/mol. The molecular weight excluding hydrogens is 254 g/mol. The van der Waals surface area contributed by atoms with E-state index in [1.165, 1.54) is 5.56 Å². The highest BCUT2D eigenvalue weighted by Gasteiger charge is 2.01. The van der Waals surface area contributed by atoms with Crippen LogP contribution >= 0.6 is 15.9 Å². The van der Waals surface area contributed by atoms with Crippen molar-refractivity contribution >= 4 is 27.6 Å². The second-order valence-corrected chi connectivity index (χ2v) is 4.57. The molecule has 0 saturated carbocycles. The van der Waals surface area contributed by atoms with Crippen LogP contribution in [0.1, 0.15) is 19.4 Å². The fraction of sp³-hybridized carbons (Fsp3) is 0.364. The number of hydrogen-bond acceptors (Lipinski definition) is 1. The van der Waals surface area contributed by atoms with Crippen molar-refractivity contribution in [3.05, 3.63) is 28.2 Å². The minimum Gasteiger partial charge on any atom is -0.370 e. The van der Waals surface area contributed by atoms with Crippen LogP contribution in [0.4, 0.5) is 5.69 Å². The monoisotopic (exact) mass is 269 g/mol. The molecule has 0 aliphatic rings. The summed E-state index contributed by atoms with van der Waals surface area (Å²) in [6, 6.07) is 6.23. The van der Waals surface area contributed by atoms with Gasteiger partial charge in [-0.2, -0.15) is 0 Å². The summed E-state index contributed by atoms with van der Waals surface area (Å²) >= 11 is 3.47. The van der Waals surface area contributed by atoms with Gasteiger partial charge in [-0.3, -0.25) is 4.99 Å². The lowest BCUT2D eigenvalue weighted by atomic mass is 10.2. The summed E-state index contributed by atoms with van der Waals surface area (Å²) in [6.45, 7) is 6.01. The lowest BCUT2D eigenvalue weighted by Gasteiger charge is -2.09. The SMILES string of the molecule is Cc1ccc(NC(N)=NC(C)C)c(Br)c1. The zero-order chi connectivity index (χ0) is 11.4. The second kappa shape index (κ2) is 5.16. The molecule has 15 heavy (non-hydrogen) atoms. The van der Waals surface area contributed by atoms with Gasteiger partial charge in [-0.15, -0.1) is 0 Å². The Labute approximate surface area is 98.9 Å². The standard InChI is InChI=1S/C11H16BrN3/c1-7(2)14-11(13)15-10-5-4-8(3)6-9(10)12/h4-7H,1-3H3,(H3,13,14,15). The summed E-state index contributed by atoms with van der Waals surface area (Å²) in [5.74, 6) is 0.439. The minimum absolute atomic E-state index is 0.196. The zero-order valence-electron chi connectivity index (χ0n) is 9.21. The average Bonchev–Trinajstić information content (AvgIpc) is 2.08. The molecule has 0 amide bonds. The largest absolute Gasteiger partial charge is 0.370 e. The van der Waals surface area contributed by atoms with Gasteiger partial charge in [0.2, 0.25) is 0 Å². The van der Waals surface area contributed by atoms with E-state index in [4.69, 9.17) is 5.73 Å². The third-order valence-electron chi connectivity index (χ3n) is 1.78. The number of nitrogens with zero attached hydrogens (tertiary/aromatic N) is 1. The number of hydrogen-bond donors (Lipinski definition) is 2. The smallest absolute Gasteiger partial charge is 0.193 e. The maximum Gasteiger partial charge on any atom is 0.193 e. The molecule has 1 aromatic rings. The van der Waals surface area contributed by atoms with E-state index in [2.05, 4.69) is 26.2 Å². The summed E-state index contributed by atoms with van der Waals surface area (Å²) < 4.78 is 0.990. The van der Waals surface area contributed by atoms with Gasteiger partial charge in [0.1, 0.15) is 0 Å². The van der Waals surface area contributed by atoms with Gasteiger partial charge in [0, 0.05) is 10.5 Å². The molecule has 0 aliphatic heterocycles. The molecule has 3 nitrogen and oxygen atoms in total. The molecule has 0 heterocycles. The van der Waals surface area contributed by atoms with Crippen molar-refractivity contribution in [1.82, 2.24) is 0 Å². The molecule has 0 spiro atoms. The first-order valence-corrected chi connectivity index (χ1v) is 5.65. The van der Waals surface area contributed by atoms with Crippen LogP contribution in [0.2, 0.25) is 0 Å². The zero-order valence-corrected chi connectivity index (χ0v) is 10.8. The molecule has 0 saturated heterocycles. The number of halogens is 1. The molecule has 0 aromatic heterocycles. The van der Waals surface area contributed by atoms with Gasteiger partial charge in [0.25, 0.3) is 0 Å². The van der Waals surface area contributed by atoms with Crippen LogP contribution in [-0.4, -0.2) is 12.0 Å². The normalized spacial score (nSPS) is 11.9. The van der Waals surface area contributed by atoms with Crippen LogP contribution in [-0.2, 0) is 0 Å². The fourth-order valence-corrected chi connectivity index (χ4v) is 1.76. The number of nitrogens with two attached hydrogens (primary N) is 1. The number of aryl methyl sites for hydroxylation is 1. The van der Waals surface area contributed by atoms with Crippen molar-refractivity contribution in [3.8, 4) is 0 Å². The van der Waals surface area contributed by atoms with E-state index in [1.54, 1.807) is 0 Å².